The second-order valence-electron chi connectivity index (χ2n) is 2.56. The van der Waals surface area contributed by atoms with Gasteiger partial charge in [0.05, 0.1) is 0 Å². The zero-order valence-electron chi connectivity index (χ0n) is 9.03. The van der Waals surface area contributed by atoms with Gasteiger partial charge < -0.3 is 0 Å². The fraction of sp³-hybridized carbons (Fsp3) is 0.167. The largest absolute Gasteiger partial charge is 0.281 e. The van der Waals surface area contributed by atoms with Crippen molar-refractivity contribution in [3.8, 4) is 0 Å². The number of carbonyl (C=O) groups is 1. The van der Waals surface area contributed by atoms with Crippen LogP contribution in [0.4, 0.5) is 0 Å². The van der Waals surface area contributed by atoms with Gasteiger partial charge in [0.2, 0.25) is 0 Å². The van der Waals surface area contributed by atoms with E-state index in [1.54, 1.807) is 0 Å². The molecule has 0 aromatic rings. The van der Waals surface area contributed by atoms with E-state index < -0.39 is 4.31 Å². The van der Waals surface area contributed by atoms with Gasteiger partial charge in [0.1, 0.15) is 0 Å². The fourth-order valence-corrected chi connectivity index (χ4v) is 1.48. The van der Waals surface area contributed by atoms with Crippen LogP contribution in [0.25, 0.3) is 0 Å². The summed E-state index contributed by atoms with van der Waals surface area (Å²) in [7, 11) is 0. The predicted octanol–water partition coefficient (Wildman–Crippen LogP) is 0.772. The van der Waals surface area contributed by atoms with Crippen molar-refractivity contribution >= 4 is 26.2 Å². The molecule has 1 unspecified atom stereocenters. The molecule has 1 aliphatic carbocycles. The second-order valence-corrected chi connectivity index (χ2v) is 3.53. The van der Waals surface area contributed by atoms with Crippen LogP contribution in [0.5, 0.6) is 0 Å². The zero-order valence-corrected chi connectivity index (χ0v) is 10.2. The van der Waals surface area contributed by atoms with Gasteiger partial charge in [0, 0.05) is 0 Å². The van der Waals surface area contributed by atoms with Crippen molar-refractivity contribution in [2.24, 2.45) is 0 Å². The number of rotatable bonds is 2. The molecule has 1 atom stereocenters. The van der Waals surface area contributed by atoms with Crippen molar-refractivity contribution < 1.29 is 35.2 Å². The topological polar surface area (TPSA) is 68.3 Å². The SMILES string of the molecule is C=CC(=O)[C]1([Mn])C=CC(C)=C1.[C]=O.[C]=O.[C]=O. The molecular formula is C12H9MnO4. The molecule has 0 N–H and O–H groups in total. The Balaban J connectivity index is -0.000000285. The zero-order chi connectivity index (χ0) is 14.5. The summed E-state index contributed by atoms with van der Waals surface area (Å²) in [6.45, 7) is 18.9. The molecule has 0 aromatic heterocycles. The monoisotopic (exact) mass is 272 g/mol. The molecule has 0 saturated heterocycles. The molecule has 0 amide bonds. The van der Waals surface area contributed by atoms with Gasteiger partial charge in [-0.25, -0.2) is 0 Å². The molecule has 4 nitrogen and oxygen atoms in total. The Bertz CT molecular complexity index is 305. The van der Waals surface area contributed by atoms with E-state index in [-0.39, 0.29) is 5.78 Å². The molecule has 1 aliphatic rings. The van der Waals surface area contributed by atoms with E-state index >= 15 is 0 Å². The van der Waals surface area contributed by atoms with Gasteiger partial charge >= 0.3 is 74.3 Å². The van der Waals surface area contributed by atoms with Crippen LogP contribution in [0.15, 0.2) is 36.5 Å². The minimum Gasteiger partial charge on any atom is -0.281 e. The summed E-state index contributed by atoms with van der Waals surface area (Å²) < 4.78 is -0.612. The smallest absolute Gasteiger partial charge is 0.281 e. The van der Waals surface area contributed by atoms with Crippen LogP contribution in [0.2, 0.25) is 4.31 Å². The maximum atomic E-state index is 11.2. The molecule has 88 valence electrons. The van der Waals surface area contributed by atoms with Gasteiger partial charge in [0.15, 0.2) is 0 Å². The number of ketones is 1. The summed E-state index contributed by atoms with van der Waals surface area (Å²) in [5.41, 5.74) is 1.09. The quantitative estimate of drug-likeness (QED) is 0.550. The molecule has 17 heavy (non-hydrogen) atoms. The van der Waals surface area contributed by atoms with E-state index in [2.05, 4.69) is 43.0 Å². The third-order valence-corrected chi connectivity index (χ3v) is 2.25. The number of hydrogen-bond donors (Lipinski definition) is 0. The molecule has 6 radical (unpaired) electrons. The summed E-state index contributed by atoms with van der Waals surface area (Å²) in [4.78, 5) is 33.7. The van der Waals surface area contributed by atoms with Crippen molar-refractivity contribution in [1.82, 2.24) is 0 Å². The van der Waals surface area contributed by atoms with E-state index in [1.807, 2.05) is 25.2 Å². The van der Waals surface area contributed by atoms with Crippen molar-refractivity contribution in [1.29, 1.82) is 0 Å². The minimum atomic E-state index is -0.612. The van der Waals surface area contributed by atoms with E-state index in [4.69, 9.17) is 14.4 Å². The van der Waals surface area contributed by atoms with Crippen molar-refractivity contribution in [3.05, 3.63) is 36.5 Å². The van der Waals surface area contributed by atoms with Crippen LogP contribution < -0.4 is 0 Å². The molecule has 0 fully saturated rings. The van der Waals surface area contributed by atoms with Crippen LogP contribution in [0, 0.1) is 0 Å². The van der Waals surface area contributed by atoms with Crippen LogP contribution in [0.3, 0.4) is 0 Å². The second kappa shape index (κ2) is 12.5. The first kappa shape index (κ1) is 20.8. The first-order valence-electron chi connectivity index (χ1n) is 3.94. The molecule has 0 heterocycles. The van der Waals surface area contributed by atoms with Crippen molar-refractivity contribution in [2.45, 2.75) is 11.2 Å². The Morgan fingerprint density at radius 3 is 1.94 bits per heavy atom. The molecule has 0 spiro atoms. The van der Waals surface area contributed by atoms with Crippen LogP contribution in [0.1, 0.15) is 6.92 Å². The van der Waals surface area contributed by atoms with Gasteiger partial charge in [-0.05, 0) is 0 Å². The molecule has 0 bridgehead atoms. The van der Waals surface area contributed by atoms with E-state index in [0.29, 0.717) is 0 Å². The summed E-state index contributed by atoms with van der Waals surface area (Å²) >= 11 is 3.33. The molecule has 1 rings (SSSR count). The fourth-order valence-electron chi connectivity index (χ4n) is 0.990. The molecular weight excluding hydrogens is 263 g/mol. The van der Waals surface area contributed by atoms with Gasteiger partial charge in [-0.15, -0.1) is 0 Å². The van der Waals surface area contributed by atoms with Crippen LogP contribution >= 0.6 is 0 Å². The van der Waals surface area contributed by atoms with E-state index in [9.17, 15) is 4.79 Å². The number of allylic oxidation sites excluding steroid dienone is 5. The van der Waals surface area contributed by atoms with Gasteiger partial charge in [-0.3, -0.25) is 14.4 Å². The first-order valence-corrected chi connectivity index (χ1v) is 4.53. The Labute approximate surface area is 109 Å². The van der Waals surface area contributed by atoms with Gasteiger partial charge in [-0.2, -0.15) is 0 Å². The molecule has 0 aliphatic heterocycles. The Morgan fingerprint density at radius 1 is 1.29 bits per heavy atom. The Hall–Kier alpha value is -1.58. The third kappa shape index (κ3) is 7.33. The molecule has 5 heteroatoms. The van der Waals surface area contributed by atoms with Crippen LogP contribution in [-0.4, -0.2) is 26.2 Å². The summed E-state index contributed by atoms with van der Waals surface area (Å²) in [6.07, 6.45) is 6.94. The summed E-state index contributed by atoms with van der Waals surface area (Å²) in [5.74, 6) is -0.0226. The number of carbonyl (C=O) groups excluding carboxylic acids is 4. The molecule has 0 aromatic carbocycles. The standard InChI is InChI=1S/C9H9O.3CO.Mn/c1-3-9(10)8-5-4-7(2)6-8;3*1-2;/h3-6H,1H2,2H3;;;;. The van der Waals surface area contributed by atoms with Crippen LogP contribution in [-0.2, 0) is 35.2 Å². The number of hydrogen-bond acceptors (Lipinski definition) is 4. The summed E-state index contributed by atoms with van der Waals surface area (Å²) in [5, 5.41) is 0. The first-order chi connectivity index (χ1) is 8.08. The average molecular weight is 272 g/mol. The minimum absolute atomic E-state index is 0.0226. The third-order valence-electron chi connectivity index (χ3n) is 1.59. The van der Waals surface area contributed by atoms with E-state index in [0.717, 1.165) is 5.57 Å². The van der Waals surface area contributed by atoms with E-state index in [1.165, 1.54) is 6.08 Å². The normalized spacial score (nSPS) is 19.1. The molecule has 0 saturated carbocycles. The predicted molar refractivity (Wildman–Crippen MR) is 57.9 cm³/mol. The summed E-state index contributed by atoms with van der Waals surface area (Å²) in [6, 6.07) is 0. The Kier molecular flexibility index (Phi) is 15.3. The Morgan fingerprint density at radius 2 is 1.71 bits per heavy atom. The maximum absolute atomic E-state index is 11.2. The van der Waals surface area contributed by atoms with Gasteiger partial charge in [-0.1, -0.05) is 0 Å². The van der Waals surface area contributed by atoms with Crippen molar-refractivity contribution in [2.75, 3.05) is 0 Å². The van der Waals surface area contributed by atoms with Gasteiger partial charge in [0.25, 0.3) is 20.4 Å². The average Bonchev–Trinajstić information content (AvgIpc) is 2.77. The van der Waals surface area contributed by atoms with Crippen molar-refractivity contribution in [3.63, 3.8) is 0 Å². The maximum Gasteiger partial charge on any atom is 0.281 e.